The van der Waals surface area contributed by atoms with Gasteiger partial charge in [-0.1, -0.05) is 6.07 Å². The predicted octanol–water partition coefficient (Wildman–Crippen LogP) is 2.56. The highest BCUT2D eigenvalue weighted by atomic mass is 16.5. The lowest BCUT2D eigenvalue weighted by Crippen LogP contribution is -2.41. The smallest absolute Gasteiger partial charge is 0.309 e. The first-order valence-corrected chi connectivity index (χ1v) is 7.93. The maximum Gasteiger partial charge on any atom is 0.309 e. The van der Waals surface area contributed by atoms with Crippen molar-refractivity contribution in [1.29, 1.82) is 0 Å². The number of phenolic OH excluding ortho intramolecular Hbond substituents is 1. The standard InChI is InChI=1S/C18H23NO5/c1-18(17(22)23)9-7-13(8-10-18)19-16(21)6-4-12-3-5-14(20)15(11-12)24-2/h3-6,11,13,20H,7-10H2,1-2H3,(H,19,21)(H,22,23). The third-order valence-electron chi connectivity index (χ3n) is 4.58. The van der Waals surface area contributed by atoms with Crippen LogP contribution >= 0.6 is 0 Å². The van der Waals surface area contributed by atoms with E-state index in [4.69, 9.17) is 4.74 Å². The normalized spacial score (nSPS) is 23.8. The highest BCUT2D eigenvalue weighted by molar-refractivity contribution is 5.92. The molecule has 0 spiro atoms. The van der Waals surface area contributed by atoms with E-state index in [0.717, 1.165) is 5.56 Å². The number of aromatic hydroxyl groups is 1. The lowest BCUT2D eigenvalue weighted by atomic mass is 9.74. The topological polar surface area (TPSA) is 95.9 Å². The Morgan fingerprint density at radius 1 is 1.33 bits per heavy atom. The van der Waals surface area contributed by atoms with Gasteiger partial charge in [0.25, 0.3) is 0 Å². The number of phenols is 1. The molecule has 24 heavy (non-hydrogen) atoms. The van der Waals surface area contributed by atoms with Crippen molar-refractivity contribution in [3.8, 4) is 11.5 Å². The Kier molecular flexibility index (Phi) is 5.49. The Morgan fingerprint density at radius 3 is 2.58 bits per heavy atom. The van der Waals surface area contributed by atoms with Gasteiger partial charge in [-0.2, -0.15) is 0 Å². The molecule has 0 aliphatic heterocycles. The van der Waals surface area contributed by atoms with Crippen LogP contribution in [0.3, 0.4) is 0 Å². The Balaban J connectivity index is 1.89. The van der Waals surface area contributed by atoms with Gasteiger partial charge in [-0.05, 0) is 56.4 Å². The molecule has 1 amide bonds. The second kappa shape index (κ2) is 7.38. The average Bonchev–Trinajstić information content (AvgIpc) is 2.56. The average molecular weight is 333 g/mol. The molecule has 0 unspecified atom stereocenters. The van der Waals surface area contributed by atoms with E-state index in [1.54, 1.807) is 25.1 Å². The first-order valence-electron chi connectivity index (χ1n) is 7.93. The number of carbonyl (C=O) groups excluding carboxylic acids is 1. The monoisotopic (exact) mass is 333 g/mol. The van der Waals surface area contributed by atoms with Gasteiger partial charge in [0.2, 0.25) is 5.91 Å². The molecule has 1 aliphatic carbocycles. The quantitative estimate of drug-likeness (QED) is 0.720. The fraction of sp³-hybridized carbons (Fsp3) is 0.444. The van der Waals surface area contributed by atoms with Gasteiger partial charge in [0.15, 0.2) is 11.5 Å². The van der Waals surface area contributed by atoms with Crippen molar-refractivity contribution >= 4 is 18.0 Å². The number of carboxylic acid groups (broad SMARTS) is 1. The molecule has 6 heteroatoms. The molecule has 1 saturated carbocycles. The minimum absolute atomic E-state index is 0.00364. The summed E-state index contributed by atoms with van der Waals surface area (Å²) in [5, 5.41) is 21.7. The molecule has 1 aromatic carbocycles. The minimum Gasteiger partial charge on any atom is -0.504 e. The summed E-state index contributed by atoms with van der Waals surface area (Å²) in [6.45, 7) is 1.76. The predicted molar refractivity (Wildman–Crippen MR) is 89.8 cm³/mol. The number of carboxylic acids is 1. The molecular formula is C18H23NO5. The fourth-order valence-electron chi connectivity index (χ4n) is 2.83. The van der Waals surface area contributed by atoms with Crippen LogP contribution in [0.25, 0.3) is 6.08 Å². The highest BCUT2D eigenvalue weighted by Crippen LogP contribution is 2.36. The molecule has 0 saturated heterocycles. The highest BCUT2D eigenvalue weighted by Gasteiger charge is 2.37. The van der Waals surface area contributed by atoms with Crippen molar-refractivity contribution in [3.05, 3.63) is 29.8 Å². The molecule has 2 rings (SSSR count). The summed E-state index contributed by atoms with van der Waals surface area (Å²) in [4.78, 5) is 23.2. The number of methoxy groups -OCH3 is 1. The van der Waals surface area contributed by atoms with Gasteiger partial charge in [-0.25, -0.2) is 0 Å². The zero-order valence-electron chi connectivity index (χ0n) is 13.9. The Bertz CT molecular complexity index is 645. The van der Waals surface area contributed by atoms with E-state index in [1.165, 1.54) is 19.3 Å². The second-order valence-electron chi connectivity index (χ2n) is 6.41. The van der Waals surface area contributed by atoms with Crippen LogP contribution in [0.4, 0.5) is 0 Å². The Hall–Kier alpha value is -2.50. The van der Waals surface area contributed by atoms with Crippen molar-refractivity contribution in [3.63, 3.8) is 0 Å². The van der Waals surface area contributed by atoms with Crippen molar-refractivity contribution in [1.82, 2.24) is 5.32 Å². The molecule has 0 heterocycles. The van der Waals surface area contributed by atoms with Crippen LogP contribution in [0.2, 0.25) is 0 Å². The van der Waals surface area contributed by atoms with Crippen molar-refractivity contribution < 1.29 is 24.5 Å². The summed E-state index contributed by atoms with van der Waals surface area (Å²) in [5.41, 5.74) is 0.0570. The largest absolute Gasteiger partial charge is 0.504 e. The number of rotatable bonds is 5. The molecule has 1 aromatic rings. The number of nitrogens with one attached hydrogen (secondary N) is 1. The third kappa shape index (κ3) is 4.28. The van der Waals surface area contributed by atoms with Crippen LogP contribution in [0.15, 0.2) is 24.3 Å². The SMILES string of the molecule is COc1cc(C=CC(=O)NC2CCC(C)(C(=O)O)CC2)ccc1O. The summed E-state index contributed by atoms with van der Waals surface area (Å²) >= 11 is 0. The number of aliphatic carboxylic acids is 1. The number of hydrogen-bond acceptors (Lipinski definition) is 4. The van der Waals surface area contributed by atoms with Crippen LogP contribution in [0, 0.1) is 5.41 Å². The number of amides is 1. The minimum atomic E-state index is -0.770. The van der Waals surface area contributed by atoms with E-state index >= 15 is 0 Å². The lowest BCUT2D eigenvalue weighted by Gasteiger charge is -2.34. The number of hydrogen-bond donors (Lipinski definition) is 3. The van der Waals surface area contributed by atoms with Crippen LogP contribution in [0.1, 0.15) is 38.2 Å². The third-order valence-corrected chi connectivity index (χ3v) is 4.58. The van der Waals surface area contributed by atoms with Crippen LogP contribution < -0.4 is 10.1 Å². The molecule has 0 atom stereocenters. The zero-order chi connectivity index (χ0) is 17.7. The van der Waals surface area contributed by atoms with Gasteiger partial charge < -0.3 is 20.3 Å². The van der Waals surface area contributed by atoms with Gasteiger partial charge in [0, 0.05) is 12.1 Å². The van der Waals surface area contributed by atoms with E-state index in [-0.39, 0.29) is 17.7 Å². The van der Waals surface area contributed by atoms with Gasteiger partial charge in [-0.15, -0.1) is 0 Å². The van der Waals surface area contributed by atoms with Crippen molar-refractivity contribution in [2.75, 3.05) is 7.11 Å². The maximum absolute atomic E-state index is 12.0. The van der Waals surface area contributed by atoms with Crippen LogP contribution in [-0.4, -0.2) is 35.2 Å². The molecule has 3 N–H and O–H groups in total. The molecule has 1 fully saturated rings. The number of carbonyl (C=O) groups is 2. The molecule has 0 bridgehead atoms. The van der Waals surface area contributed by atoms with E-state index in [0.29, 0.717) is 31.4 Å². The summed E-state index contributed by atoms with van der Waals surface area (Å²) in [5.74, 6) is -0.597. The summed E-state index contributed by atoms with van der Waals surface area (Å²) < 4.78 is 5.02. The van der Waals surface area contributed by atoms with Gasteiger partial charge in [-0.3, -0.25) is 9.59 Å². The summed E-state index contributed by atoms with van der Waals surface area (Å²) in [6.07, 6.45) is 5.52. The van der Waals surface area contributed by atoms with E-state index in [2.05, 4.69) is 5.32 Å². The maximum atomic E-state index is 12.0. The van der Waals surface area contributed by atoms with Gasteiger partial charge in [0.1, 0.15) is 0 Å². The van der Waals surface area contributed by atoms with E-state index < -0.39 is 11.4 Å². The molecule has 130 valence electrons. The lowest BCUT2D eigenvalue weighted by molar-refractivity contribution is -0.150. The fourth-order valence-corrected chi connectivity index (χ4v) is 2.83. The van der Waals surface area contributed by atoms with Crippen molar-refractivity contribution in [2.24, 2.45) is 5.41 Å². The molecule has 1 aliphatic rings. The van der Waals surface area contributed by atoms with Crippen LogP contribution in [0.5, 0.6) is 11.5 Å². The molecule has 0 radical (unpaired) electrons. The van der Waals surface area contributed by atoms with Crippen molar-refractivity contribution in [2.45, 2.75) is 38.6 Å². The first-order chi connectivity index (χ1) is 11.3. The first kappa shape index (κ1) is 17.8. The zero-order valence-corrected chi connectivity index (χ0v) is 13.9. The number of ether oxygens (including phenoxy) is 1. The second-order valence-corrected chi connectivity index (χ2v) is 6.41. The van der Waals surface area contributed by atoms with E-state index in [9.17, 15) is 19.8 Å². The summed E-state index contributed by atoms with van der Waals surface area (Å²) in [7, 11) is 1.46. The molecular weight excluding hydrogens is 310 g/mol. The Labute approximate surface area is 141 Å². The van der Waals surface area contributed by atoms with Crippen LogP contribution in [-0.2, 0) is 9.59 Å². The van der Waals surface area contributed by atoms with E-state index in [1.807, 2.05) is 0 Å². The number of benzene rings is 1. The Morgan fingerprint density at radius 2 is 2.00 bits per heavy atom. The van der Waals surface area contributed by atoms with Gasteiger partial charge >= 0.3 is 5.97 Å². The molecule has 6 nitrogen and oxygen atoms in total. The summed E-state index contributed by atoms with van der Waals surface area (Å²) in [6, 6.07) is 4.83. The van der Waals surface area contributed by atoms with Gasteiger partial charge in [0.05, 0.1) is 12.5 Å². The molecule has 0 aromatic heterocycles.